The molecule has 6 nitrogen and oxygen atoms in total. The molecule has 0 aliphatic carbocycles. The highest BCUT2D eigenvalue weighted by atomic mass is 16.5. The number of anilines is 1. The first-order chi connectivity index (χ1) is 6.07. The van der Waals surface area contributed by atoms with E-state index >= 15 is 0 Å². The lowest BCUT2D eigenvalue weighted by molar-refractivity contribution is 0.0596. The number of hydrogen-bond donors (Lipinski definition) is 3. The van der Waals surface area contributed by atoms with Crippen molar-refractivity contribution in [1.82, 2.24) is 4.98 Å². The van der Waals surface area contributed by atoms with Crippen molar-refractivity contribution in [3.63, 3.8) is 0 Å². The Bertz CT molecular complexity index is 355. The fraction of sp³-hybridized carbons (Fsp3) is 0.143. The van der Waals surface area contributed by atoms with Gasteiger partial charge >= 0.3 is 11.9 Å². The van der Waals surface area contributed by atoms with E-state index in [0.29, 0.717) is 0 Å². The minimum absolute atomic E-state index is 0.0418. The molecule has 0 aromatic carbocycles. The lowest BCUT2D eigenvalue weighted by Crippen LogP contribution is -2.06. The van der Waals surface area contributed by atoms with Crippen molar-refractivity contribution in [3.8, 4) is 0 Å². The van der Waals surface area contributed by atoms with Crippen LogP contribution in [0, 0.1) is 0 Å². The van der Waals surface area contributed by atoms with Crippen LogP contribution in [0.5, 0.6) is 0 Å². The Labute approximate surface area is 73.3 Å². The van der Waals surface area contributed by atoms with E-state index in [1.54, 1.807) is 0 Å². The third-order valence-corrected chi connectivity index (χ3v) is 1.54. The predicted molar refractivity (Wildman–Crippen MR) is 43.5 cm³/mol. The fourth-order valence-electron chi connectivity index (χ4n) is 0.882. The molecule has 0 radical (unpaired) electrons. The van der Waals surface area contributed by atoms with Crippen molar-refractivity contribution in [1.29, 1.82) is 0 Å². The van der Waals surface area contributed by atoms with Gasteiger partial charge in [-0.2, -0.15) is 0 Å². The number of aromatic carboxylic acids is 1. The predicted octanol–water partition coefficient (Wildman–Crippen LogP) is 0.0817. The summed E-state index contributed by atoms with van der Waals surface area (Å²) in [4.78, 5) is 23.9. The topological polar surface area (TPSA) is 105 Å². The minimum Gasteiger partial charge on any atom is -0.478 e. The molecule has 0 aliphatic heterocycles. The number of carboxylic acids is 1. The van der Waals surface area contributed by atoms with Crippen LogP contribution in [0.3, 0.4) is 0 Å². The highest BCUT2D eigenvalue weighted by Gasteiger charge is 2.18. The molecule has 0 aliphatic rings. The quantitative estimate of drug-likeness (QED) is 0.564. The maximum atomic E-state index is 10.9. The highest BCUT2D eigenvalue weighted by molar-refractivity contribution is 6.02. The normalized spacial score (nSPS) is 9.62. The third kappa shape index (κ3) is 1.46. The van der Waals surface area contributed by atoms with E-state index in [1.807, 2.05) is 0 Å². The van der Waals surface area contributed by atoms with Gasteiger partial charge in [-0.25, -0.2) is 9.59 Å². The molecule has 1 aromatic heterocycles. The fourth-order valence-corrected chi connectivity index (χ4v) is 0.882. The molecular weight excluding hydrogens is 176 g/mol. The van der Waals surface area contributed by atoms with Crippen molar-refractivity contribution < 1.29 is 19.4 Å². The van der Waals surface area contributed by atoms with Gasteiger partial charge in [-0.15, -0.1) is 0 Å². The van der Waals surface area contributed by atoms with Gasteiger partial charge in [0.05, 0.1) is 12.8 Å². The summed E-state index contributed by atoms with van der Waals surface area (Å²) in [5.41, 5.74) is 5.08. The second-order valence-electron chi connectivity index (χ2n) is 2.29. The van der Waals surface area contributed by atoms with Gasteiger partial charge in [-0.05, 0) is 0 Å². The zero-order valence-corrected chi connectivity index (χ0v) is 6.83. The molecule has 0 fully saturated rings. The Balaban J connectivity index is 3.13. The Morgan fingerprint density at radius 1 is 1.62 bits per heavy atom. The second kappa shape index (κ2) is 3.18. The van der Waals surface area contributed by atoms with E-state index in [9.17, 15) is 9.59 Å². The zero-order valence-electron chi connectivity index (χ0n) is 6.83. The first kappa shape index (κ1) is 9.11. The van der Waals surface area contributed by atoms with Crippen molar-refractivity contribution >= 4 is 17.6 Å². The molecule has 1 heterocycles. The standard InChI is InChI=1S/C7H8N2O4/c1-13-7(12)5-4(8)3(2-9-5)6(10)11/h2,9H,8H2,1H3,(H,10,11). The molecule has 0 saturated carbocycles. The molecule has 70 valence electrons. The summed E-state index contributed by atoms with van der Waals surface area (Å²) >= 11 is 0. The summed E-state index contributed by atoms with van der Waals surface area (Å²) in [7, 11) is 1.18. The number of carbonyl (C=O) groups is 2. The lowest BCUT2D eigenvalue weighted by Gasteiger charge is -1.96. The number of aromatic nitrogens is 1. The molecule has 0 amide bonds. The number of hydrogen-bond acceptors (Lipinski definition) is 4. The molecule has 6 heteroatoms. The first-order valence-corrected chi connectivity index (χ1v) is 3.36. The van der Waals surface area contributed by atoms with E-state index < -0.39 is 11.9 Å². The number of nitrogens with one attached hydrogen (secondary N) is 1. The first-order valence-electron chi connectivity index (χ1n) is 3.36. The van der Waals surface area contributed by atoms with Crippen LogP contribution in [0.25, 0.3) is 0 Å². The summed E-state index contributed by atoms with van der Waals surface area (Å²) in [5.74, 6) is -1.88. The molecule has 0 saturated heterocycles. The van der Waals surface area contributed by atoms with Crippen molar-refractivity contribution in [2.75, 3.05) is 12.8 Å². The third-order valence-electron chi connectivity index (χ3n) is 1.54. The monoisotopic (exact) mass is 184 g/mol. The number of carboxylic acid groups (broad SMARTS) is 1. The number of nitrogens with two attached hydrogens (primary N) is 1. The van der Waals surface area contributed by atoms with Crippen LogP contribution in [0.2, 0.25) is 0 Å². The maximum absolute atomic E-state index is 10.9. The van der Waals surface area contributed by atoms with Crippen LogP contribution < -0.4 is 5.73 Å². The molecule has 1 aromatic rings. The Hall–Kier alpha value is -1.98. The smallest absolute Gasteiger partial charge is 0.356 e. The van der Waals surface area contributed by atoms with Crippen molar-refractivity contribution in [3.05, 3.63) is 17.5 Å². The maximum Gasteiger partial charge on any atom is 0.356 e. The van der Waals surface area contributed by atoms with Gasteiger partial charge in [0.1, 0.15) is 11.3 Å². The number of nitrogen functional groups attached to an aromatic ring is 1. The van der Waals surface area contributed by atoms with E-state index in [4.69, 9.17) is 10.8 Å². The summed E-state index contributed by atoms with van der Waals surface area (Å²) in [5, 5.41) is 8.58. The van der Waals surface area contributed by atoms with Gasteiger partial charge in [-0.1, -0.05) is 0 Å². The molecule has 0 atom stereocenters. The van der Waals surface area contributed by atoms with Gasteiger partial charge < -0.3 is 20.6 Å². The van der Waals surface area contributed by atoms with Gasteiger partial charge in [0.25, 0.3) is 0 Å². The van der Waals surface area contributed by atoms with E-state index in [2.05, 4.69) is 9.72 Å². The Morgan fingerprint density at radius 2 is 2.23 bits per heavy atom. The van der Waals surface area contributed by atoms with Gasteiger partial charge in [0, 0.05) is 6.20 Å². The second-order valence-corrected chi connectivity index (χ2v) is 2.29. The van der Waals surface area contributed by atoms with Gasteiger partial charge in [0.15, 0.2) is 0 Å². The number of carbonyl (C=O) groups excluding carboxylic acids is 1. The summed E-state index contributed by atoms with van der Waals surface area (Å²) in [6.07, 6.45) is 1.14. The van der Waals surface area contributed by atoms with Gasteiger partial charge in [0.2, 0.25) is 0 Å². The number of aromatic amines is 1. The number of ether oxygens (including phenoxy) is 1. The van der Waals surface area contributed by atoms with E-state index in [-0.39, 0.29) is 16.9 Å². The van der Waals surface area contributed by atoms with Crippen LogP contribution in [0.15, 0.2) is 6.20 Å². The van der Waals surface area contributed by atoms with E-state index in [1.165, 1.54) is 7.11 Å². The molecule has 4 N–H and O–H groups in total. The highest BCUT2D eigenvalue weighted by Crippen LogP contribution is 2.17. The van der Waals surface area contributed by atoms with Crippen LogP contribution in [0.1, 0.15) is 20.8 Å². The molecule has 13 heavy (non-hydrogen) atoms. The summed E-state index contributed by atoms with van der Waals surface area (Å²) in [6.45, 7) is 0. The minimum atomic E-state index is -1.19. The van der Waals surface area contributed by atoms with Gasteiger partial charge in [-0.3, -0.25) is 0 Å². The summed E-state index contributed by atoms with van der Waals surface area (Å²) in [6, 6.07) is 0. The molecule has 0 unspecified atom stereocenters. The van der Waals surface area contributed by atoms with Crippen LogP contribution >= 0.6 is 0 Å². The zero-order chi connectivity index (χ0) is 10.0. The van der Waals surface area contributed by atoms with Crippen LogP contribution in [0.4, 0.5) is 5.69 Å². The molecule has 0 spiro atoms. The van der Waals surface area contributed by atoms with Crippen LogP contribution in [-0.2, 0) is 4.74 Å². The number of H-pyrrole nitrogens is 1. The number of methoxy groups -OCH3 is 1. The average molecular weight is 184 g/mol. The van der Waals surface area contributed by atoms with Crippen molar-refractivity contribution in [2.45, 2.75) is 0 Å². The Kier molecular flexibility index (Phi) is 2.23. The number of esters is 1. The lowest BCUT2D eigenvalue weighted by atomic mass is 10.2. The molecule has 1 rings (SSSR count). The largest absolute Gasteiger partial charge is 0.478 e. The average Bonchev–Trinajstić information content (AvgIpc) is 2.46. The summed E-state index contributed by atoms with van der Waals surface area (Å²) < 4.78 is 4.37. The molecular formula is C7H8N2O4. The molecule has 0 bridgehead atoms. The number of rotatable bonds is 2. The van der Waals surface area contributed by atoms with Crippen molar-refractivity contribution in [2.24, 2.45) is 0 Å². The van der Waals surface area contributed by atoms with E-state index in [0.717, 1.165) is 6.20 Å². The SMILES string of the molecule is COC(=O)c1[nH]cc(C(=O)O)c1N. The van der Waals surface area contributed by atoms with Crippen LogP contribution in [-0.4, -0.2) is 29.1 Å². The Morgan fingerprint density at radius 3 is 2.62 bits per heavy atom.